The number of benzene rings is 2. The van der Waals surface area contributed by atoms with Crippen molar-refractivity contribution in [3.8, 4) is 0 Å². The molecule has 0 radical (unpaired) electrons. The van der Waals surface area contributed by atoms with Crippen LogP contribution in [0.3, 0.4) is 0 Å². The van der Waals surface area contributed by atoms with Crippen LogP contribution in [0.15, 0.2) is 48.5 Å². The number of rotatable bonds is 7. The Hall–Kier alpha value is -3.16. The monoisotopic (exact) mass is 367 g/mol. The fourth-order valence-electron chi connectivity index (χ4n) is 2.95. The van der Waals surface area contributed by atoms with E-state index in [1.54, 1.807) is 18.2 Å². The van der Waals surface area contributed by atoms with Gasteiger partial charge in [0.2, 0.25) is 11.8 Å². The lowest BCUT2D eigenvalue weighted by Gasteiger charge is -2.13. The van der Waals surface area contributed by atoms with Crippen molar-refractivity contribution in [3.63, 3.8) is 0 Å². The number of carbonyl (C=O) groups excluding carboxylic acids is 2. The Kier molecular flexibility index (Phi) is 5.54. The number of para-hydroxylation sites is 1. The molecule has 1 aromatic heterocycles. The molecule has 0 saturated carbocycles. The van der Waals surface area contributed by atoms with Crippen molar-refractivity contribution in [1.82, 2.24) is 4.98 Å². The predicted octanol–water partition coefficient (Wildman–Crippen LogP) is 2.09. The number of amides is 2. The minimum absolute atomic E-state index is 0.264. The molecule has 140 valence electrons. The van der Waals surface area contributed by atoms with Crippen LogP contribution in [0.25, 0.3) is 10.9 Å². The van der Waals surface area contributed by atoms with E-state index in [0.717, 1.165) is 22.2 Å². The molecule has 0 aliphatic rings. The summed E-state index contributed by atoms with van der Waals surface area (Å²) in [7, 11) is 0. The normalized spacial score (nSPS) is 12.1. The van der Waals surface area contributed by atoms with Gasteiger partial charge < -0.3 is 25.9 Å². The van der Waals surface area contributed by atoms with Gasteiger partial charge in [0.25, 0.3) is 0 Å². The third-order valence-electron chi connectivity index (χ3n) is 4.24. The van der Waals surface area contributed by atoms with Gasteiger partial charge in [-0.1, -0.05) is 24.3 Å². The average Bonchev–Trinajstić information content (AvgIpc) is 2.96. The number of anilines is 1. The van der Waals surface area contributed by atoms with E-state index < -0.39 is 18.1 Å². The molecule has 3 rings (SSSR count). The summed E-state index contributed by atoms with van der Waals surface area (Å²) < 4.78 is 5.27. The first-order chi connectivity index (χ1) is 12.9. The van der Waals surface area contributed by atoms with Crippen LogP contribution in [0.4, 0.5) is 5.69 Å². The highest BCUT2D eigenvalue weighted by atomic mass is 16.6. The number of primary amides is 1. The highest BCUT2D eigenvalue weighted by Crippen LogP contribution is 2.23. The molecule has 0 bridgehead atoms. The number of H-pyrrole nitrogens is 1. The van der Waals surface area contributed by atoms with Crippen molar-refractivity contribution in [2.24, 2.45) is 5.73 Å². The van der Waals surface area contributed by atoms with E-state index >= 15 is 0 Å². The van der Waals surface area contributed by atoms with Gasteiger partial charge in [-0.05, 0) is 36.8 Å². The van der Waals surface area contributed by atoms with Crippen LogP contribution in [0, 0.1) is 6.92 Å². The second-order valence-corrected chi connectivity index (χ2v) is 6.24. The Labute approximate surface area is 156 Å². The van der Waals surface area contributed by atoms with E-state index in [0.29, 0.717) is 11.3 Å². The second-order valence-electron chi connectivity index (χ2n) is 6.24. The molecule has 0 aliphatic carbocycles. The summed E-state index contributed by atoms with van der Waals surface area (Å²) in [5.74, 6) is -1.02. The Bertz CT molecular complexity index is 980. The van der Waals surface area contributed by atoms with Gasteiger partial charge in [-0.15, -0.1) is 0 Å². The molecule has 0 aliphatic heterocycles. The molecule has 5 N–H and O–H groups in total. The molecule has 7 nitrogen and oxygen atoms in total. The van der Waals surface area contributed by atoms with E-state index in [1.165, 1.54) is 6.07 Å². The summed E-state index contributed by atoms with van der Waals surface area (Å²) in [4.78, 5) is 26.4. The number of carbonyl (C=O) groups is 2. The molecule has 27 heavy (non-hydrogen) atoms. The van der Waals surface area contributed by atoms with E-state index in [9.17, 15) is 14.7 Å². The van der Waals surface area contributed by atoms with Crippen molar-refractivity contribution in [1.29, 1.82) is 0 Å². The third-order valence-corrected chi connectivity index (χ3v) is 4.24. The molecule has 7 heteroatoms. The second kappa shape index (κ2) is 8.03. The number of aromatic nitrogens is 1. The van der Waals surface area contributed by atoms with Gasteiger partial charge in [-0.25, -0.2) is 0 Å². The summed E-state index contributed by atoms with van der Waals surface area (Å²) in [6.45, 7) is 1.61. The van der Waals surface area contributed by atoms with Crippen LogP contribution in [0.2, 0.25) is 0 Å². The molecule has 0 spiro atoms. The van der Waals surface area contributed by atoms with Gasteiger partial charge in [-0.3, -0.25) is 9.59 Å². The smallest absolute Gasteiger partial charge is 0.250 e. The molecule has 0 saturated heterocycles. The summed E-state index contributed by atoms with van der Waals surface area (Å²) in [6, 6.07) is 14.1. The van der Waals surface area contributed by atoms with Crippen LogP contribution in [-0.4, -0.2) is 34.8 Å². The summed E-state index contributed by atoms with van der Waals surface area (Å²) in [6.07, 6.45) is -0.856. The lowest BCUT2D eigenvalue weighted by atomic mass is 10.1. The number of nitrogens with one attached hydrogen (secondary N) is 2. The van der Waals surface area contributed by atoms with Crippen molar-refractivity contribution in [3.05, 3.63) is 65.4 Å². The maximum atomic E-state index is 12.0. The summed E-state index contributed by atoms with van der Waals surface area (Å²) in [5.41, 5.74) is 8.84. The van der Waals surface area contributed by atoms with Crippen molar-refractivity contribution in [2.45, 2.75) is 19.6 Å². The quantitative estimate of drug-likeness (QED) is 0.478. The standard InChI is InChI=1S/C20H21N3O4/c1-12-16(15-7-2-3-8-17(15)22-12)10-19(25)27-11-18(24)23-14-6-4-5-13(9-14)20(21)26/h2-9,19,22,25H,10-11H2,1H3,(H2,21,26)(H,23,24). The lowest BCUT2D eigenvalue weighted by molar-refractivity contribution is -0.136. The average molecular weight is 367 g/mol. The number of aliphatic hydroxyl groups is 1. The topological polar surface area (TPSA) is 117 Å². The highest BCUT2D eigenvalue weighted by Gasteiger charge is 2.15. The van der Waals surface area contributed by atoms with Crippen molar-refractivity contribution in [2.75, 3.05) is 11.9 Å². The third kappa shape index (κ3) is 4.52. The molecule has 2 aromatic carbocycles. The van der Waals surface area contributed by atoms with Crippen LogP contribution in [0.5, 0.6) is 0 Å². The van der Waals surface area contributed by atoms with E-state index in [1.807, 2.05) is 31.2 Å². The first-order valence-corrected chi connectivity index (χ1v) is 8.49. The number of fused-ring (bicyclic) bond motifs is 1. The van der Waals surface area contributed by atoms with Gasteiger partial charge in [0.1, 0.15) is 6.61 Å². The van der Waals surface area contributed by atoms with Gasteiger partial charge >= 0.3 is 0 Å². The molecule has 0 fully saturated rings. The Morgan fingerprint density at radius 3 is 2.78 bits per heavy atom. The number of aliphatic hydroxyl groups excluding tert-OH is 1. The first-order valence-electron chi connectivity index (χ1n) is 8.49. The Balaban J connectivity index is 1.56. The molecular weight excluding hydrogens is 346 g/mol. The van der Waals surface area contributed by atoms with E-state index in [2.05, 4.69) is 10.3 Å². The fraction of sp³-hybridized carbons (Fsp3) is 0.200. The number of aromatic amines is 1. The van der Waals surface area contributed by atoms with Crippen LogP contribution in [0.1, 0.15) is 21.6 Å². The van der Waals surface area contributed by atoms with E-state index in [4.69, 9.17) is 10.5 Å². The van der Waals surface area contributed by atoms with Gasteiger partial charge in [0.05, 0.1) is 0 Å². The Morgan fingerprint density at radius 2 is 2.00 bits per heavy atom. The summed E-state index contributed by atoms with van der Waals surface area (Å²) in [5, 5.41) is 13.8. The molecule has 3 aromatic rings. The number of hydrogen-bond donors (Lipinski definition) is 4. The maximum Gasteiger partial charge on any atom is 0.250 e. The van der Waals surface area contributed by atoms with Crippen LogP contribution >= 0.6 is 0 Å². The van der Waals surface area contributed by atoms with Crippen LogP contribution < -0.4 is 11.1 Å². The van der Waals surface area contributed by atoms with Gasteiger partial charge in [0.15, 0.2) is 6.29 Å². The van der Waals surface area contributed by atoms with Gasteiger partial charge in [0, 0.05) is 34.3 Å². The SMILES string of the molecule is Cc1[nH]c2ccccc2c1CC(O)OCC(=O)Nc1cccc(C(N)=O)c1. The minimum Gasteiger partial charge on any atom is -0.368 e. The van der Waals surface area contributed by atoms with Crippen LogP contribution in [-0.2, 0) is 16.0 Å². The molecule has 1 heterocycles. The summed E-state index contributed by atoms with van der Waals surface area (Å²) >= 11 is 0. The largest absolute Gasteiger partial charge is 0.368 e. The zero-order valence-electron chi connectivity index (χ0n) is 14.9. The lowest BCUT2D eigenvalue weighted by Crippen LogP contribution is -2.24. The minimum atomic E-state index is -1.12. The Morgan fingerprint density at radius 1 is 1.22 bits per heavy atom. The van der Waals surface area contributed by atoms with Crippen molar-refractivity contribution < 1.29 is 19.4 Å². The van der Waals surface area contributed by atoms with Crippen molar-refractivity contribution >= 4 is 28.4 Å². The number of ether oxygens (including phenoxy) is 1. The zero-order chi connectivity index (χ0) is 19.4. The maximum absolute atomic E-state index is 12.0. The van der Waals surface area contributed by atoms with Gasteiger partial charge in [-0.2, -0.15) is 0 Å². The molecular formula is C20H21N3O4. The molecule has 1 unspecified atom stereocenters. The molecule has 2 amide bonds. The zero-order valence-corrected chi connectivity index (χ0v) is 14.9. The number of aryl methyl sites for hydroxylation is 1. The predicted molar refractivity (Wildman–Crippen MR) is 102 cm³/mol. The highest BCUT2D eigenvalue weighted by molar-refractivity contribution is 5.96. The first kappa shape index (κ1) is 18.6. The van der Waals surface area contributed by atoms with E-state index in [-0.39, 0.29) is 13.0 Å². The fourth-order valence-corrected chi connectivity index (χ4v) is 2.95. The molecule has 1 atom stereocenters. The number of hydrogen-bond acceptors (Lipinski definition) is 4. The number of nitrogens with two attached hydrogens (primary N) is 1.